The quantitative estimate of drug-likeness (QED) is 0.210. The molecule has 0 spiro atoms. The summed E-state index contributed by atoms with van der Waals surface area (Å²) in [6.45, 7) is 6.72. The minimum absolute atomic E-state index is 0.0964. The number of aryl methyl sites for hydroxylation is 1. The Morgan fingerprint density at radius 1 is 0.976 bits per heavy atom. The van der Waals surface area contributed by atoms with Crippen molar-refractivity contribution in [2.45, 2.75) is 68.9 Å². The van der Waals surface area contributed by atoms with Gasteiger partial charge in [0.1, 0.15) is 22.9 Å². The average molecular weight is 590 g/mol. The van der Waals surface area contributed by atoms with Crippen LogP contribution >= 0.6 is 0 Å². The second kappa shape index (κ2) is 11.5. The van der Waals surface area contributed by atoms with Gasteiger partial charge in [-0.25, -0.2) is 4.98 Å². The molecule has 1 aromatic carbocycles. The first kappa shape index (κ1) is 28.3. The van der Waals surface area contributed by atoms with Crippen LogP contribution in [0.4, 0.5) is 11.5 Å². The molecule has 220 valence electrons. The Balaban J connectivity index is 1.18. The highest BCUT2D eigenvalue weighted by atomic mass is 32.2. The molecule has 42 heavy (non-hydrogen) atoms. The van der Waals surface area contributed by atoms with Crippen molar-refractivity contribution in [1.29, 1.82) is 0 Å². The fourth-order valence-corrected chi connectivity index (χ4v) is 6.17. The molecule has 1 aliphatic heterocycles. The van der Waals surface area contributed by atoms with Gasteiger partial charge in [0.25, 0.3) is 10.1 Å². The first-order chi connectivity index (χ1) is 20.2. The molecular weight excluding hydrogens is 554 g/mol. The standard InChI is InChI=1S/C31H35N5O5S/c1-21-4-8-26(9-5-21)42(37,38)41-31(2,3)28-18-23(10-14-32-28)34-29-19-25(11-15-33-29)40-27-20-36(24-6-7-24)35-30(27)22-12-16-39-17-13-22/h4-5,8-11,14-15,18-20,22,24H,6-7,12-13,16-17H2,1-3H3,(H,32,33,34). The third-order valence-corrected chi connectivity index (χ3v) is 8.98. The fraction of sp³-hybridized carbons (Fsp3) is 0.387. The van der Waals surface area contributed by atoms with Crippen LogP contribution in [0.25, 0.3) is 0 Å². The van der Waals surface area contributed by atoms with Crippen molar-refractivity contribution in [2.24, 2.45) is 0 Å². The first-order valence-electron chi connectivity index (χ1n) is 14.2. The highest BCUT2D eigenvalue weighted by molar-refractivity contribution is 7.86. The molecule has 0 unspecified atom stereocenters. The Kier molecular flexibility index (Phi) is 7.73. The van der Waals surface area contributed by atoms with E-state index in [1.54, 1.807) is 50.5 Å². The molecule has 0 atom stereocenters. The van der Waals surface area contributed by atoms with Crippen LogP contribution < -0.4 is 10.1 Å². The van der Waals surface area contributed by atoms with Crippen LogP contribution in [0, 0.1) is 6.92 Å². The van der Waals surface area contributed by atoms with Gasteiger partial charge in [0, 0.05) is 43.3 Å². The lowest BCUT2D eigenvalue weighted by Gasteiger charge is -2.24. The second-order valence-electron chi connectivity index (χ2n) is 11.4. The van der Waals surface area contributed by atoms with Crippen molar-refractivity contribution in [3.8, 4) is 11.5 Å². The molecule has 10 nitrogen and oxygen atoms in total. The zero-order chi connectivity index (χ0) is 29.3. The van der Waals surface area contributed by atoms with Gasteiger partial charge in [0.2, 0.25) is 0 Å². The van der Waals surface area contributed by atoms with Crippen LogP contribution in [0.15, 0.2) is 72.0 Å². The number of ether oxygens (including phenoxy) is 2. The number of benzene rings is 1. The Morgan fingerprint density at radius 2 is 1.71 bits per heavy atom. The molecule has 1 N–H and O–H groups in total. The summed E-state index contributed by atoms with van der Waals surface area (Å²) in [6.07, 6.45) is 9.44. The molecule has 0 radical (unpaired) electrons. The number of hydrogen-bond donors (Lipinski definition) is 1. The van der Waals surface area contributed by atoms with Gasteiger partial charge in [-0.3, -0.25) is 13.8 Å². The lowest BCUT2D eigenvalue weighted by Crippen LogP contribution is -2.27. The summed E-state index contributed by atoms with van der Waals surface area (Å²) in [7, 11) is -4.00. The van der Waals surface area contributed by atoms with E-state index >= 15 is 0 Å². The van der Waals surface area contributed by atoms with Gasteiger partial charge >= 0.3 is 0 Å². The van der Waals surface area contributed by atoms with Gasteiger partial charge in [-0.1, -0.05) is 17.7 Å². The fourth-order valence-electron chi connectivity index (χ4n) is 4.97. The van der Waals surface area contributed by atoms with Crippen LogP contribution in [0.1, 0.15) is 68.4 Å². The van der Waals surface area contributed by atoms with E-state index < -0.39 is 15.7 Å². The second-order valence-corrected chi connectivity index (χ2v) is 12.9. The van der Waals surface area contributed by atoms with Gasteiger partial charge in [0.05, 0.1) is 22.8 Å². The SMILES string of the molecule is Cc1ccc(S(=O)(=O)OC(C)(C)c2cc(Nc3cc(Oc4cn(C5CC5)nc4C4CCOCC4)ccn3)ccn2)cc1. The van der Waals surface area contributed by atoms with E-state index in [0.717, 1.165) is 55.9 Å². The van der Waals surface area contributed by atoms with Crippen molar-refractivity contribution in [2.75, 3.05) is 18.5 Å². The maximum atomic E-state index is 13.0. The molecule has 11 heteroatoms. The first-order valence-corrected chi connectivity index (χ1v) is 15.6. The van der Waals surface area contributed by atoms with E-state index in [2.05, 4.69) is 15.3 Å². The highest BCUT2D eigenvalue weighted by Gasteiger charge is 2.32. The number of rotatable bonds is 10. The third-order valence-electron chi connectivity index (χ3n) is 7.49. The summed E-state index contributed by atoms with van der Waals surface area (Å²) in [4.78, 5) is 8.95. The molecular formula is C31H35N5O5S. The van der Waals surface area contributed by atoms with E-state index in [1.807, 2.05) is 29.9 Å². The number of pyridine rings is 2. The van der Waals surface area contributed by atoms with Gasteiger partial charge in [-0.15, -0.1) is 0 Å². The van der Waals surface area contributed by atoms with Crippen molar-refractivity contribution in [3.05, 3.63) is 84.1 Å². The smallest absolute Gasteiger partial charge is 0.297 e. The third kappa shape index (κ3) is 6.48. The zero-order valence-electron chi connectivity index (χ0n) is 24.0. The largest absolute Gasteiger partial charge is 0.454 e. The summed E-state index contributed by atoms with van der Waals surface area (Å²) in [6, 6.07) is 14.2. The monoisotopic (exact) mass is 589 g/mol. The average Bonchev–Trinajstić information content (AvgIpc) is 3.74. The minimum atomic E-state index is -4.00. The predicted octanol–water partition coefficient (Wildman–Crippen LogP) is 6.39. The number of aromatic nitrogens is 4. The van der Waals surface area contributed by atoms with E-state index in [0.29, 0.717) is 34.9 Å². The molecule has 2 fully saturated rings. The van der Waals surface area contributed by atoms with Crippen molar-refractivity contribution < 1.29 is 22.1 Å². The van der Waals surface area contributed by atoms with Crippen LogP contribution in [0.3, 0.4) is 0 Å². The van der Waals surface area contributed by atoms with E-state index in [-0.39, 0.29) is 4.90 Å². The van der Waals surface area contributed by atoms with Gasteiger partial charge < -0.3 is 14.8 Å². The Bertz CT molecular complexity index is 1660. The highest BCUT2D eigenvalue weighted by Crippen LogP contribution is 2.40. The Hall–Kier alpha value is -3.80. The van der Waals surface area contributed by atoms with Crippen molar-refractivity contribution in [1.82, 2.24) is 19.7 Å². The van der Waals surface area contributed by atoms with Gasteiger partial charge in [0.15, 0.2) is 5.75 Å². The molecule has 1 saturated heterocycles. The molecule has 6 rings (SSSR count). The summed E-state index contributed by atoms with van der Waals surface area (Å²) < 4.78 is 45.5. The molecule has 0 amide bonds. The predicted molar refractivity (Wildman–Crippen MR) is 158 cm³/mol. The lowest BCUT2D eigenvalue weighted by atomic mass is 9.96. The van der Waals surface area contributed by atoms with E-state index in [9.17, 15) is 8.42 Å². The summed E-state index contributed by atoms with van der Waals surface area (Å²) >= 11 is 0. The molecule has 1 aliphatic carbocycles. The summed E-state index contributed by atoms with van der Waals surface area (Å²) in [5.41, 5.74) is 1.85. The number of nitrogens with zero attached hydrogens (tertiary/aromatic N) is 4. The number of anilines is 2. The number of hydrogen-bond acceptors (Lipinski definition) is 9. The minimum Gasteiger partial charge on any atom is -0.454 e. The molecule has 3 aromatic heterocycles. The van der Waals surface area contributed by atoms with E-state index in [4.69, 9.17) is 18.8 Å². The molecule has 2 aliphatic rings. The van der Waals surface area contributed by atoms with Crippen molar-refractivity contribution in [3.63, 3.8) is 0 Å². The van der Waals surface area contributed by atoms with Crippen LogP contribution in [0.2, 0.25) is 0 Å². The van der Waals surface area contributed by atoms with Crippen molar-refractivity contribution >= 4 is 21.6 Å². The van der Waals surface area contributed by atoms with Gasteiger partial charge in [-0.05, 0) is 76.8 Å². The Labute approximate surface area is 246 Å². The van der Waals surface area contributed by atoms with E-state index in [1.165, 1.54) is 12.1 Å². The number of nitrogens with one attached hydrogen (secondary N) is 1. The van der Waals surface area contributed by atoms with Gasteiger partial charge in [-0.2, -0.15) is 13.5 Å². The molecule has 4 heterocycles. The summed E-state index contributed by atoms with van der Waals surface area (Å²) in [5.74, 6) is 2.28. The van der Waals surface area contributed by atoms with Crippen LogP contribution in [-0.4, -0.2) is 41.4 Å². The van der Waals surface area contributed by atoms with Crippen LogP contribution in [-0.2, 0) is 24.6 Å². The maximum Gasteiger partial charge on any atom is 0.297 e. The normalized spacial score (nSPS) is 16.4. The molecule has 4 aromatic rings. The topological polar surface area (TPSA) is 117 Å². The van der Waals surface area contributed by atoms with Crippen LogP contribution in [0.5, 0.6) is 11.5 Å². The Morgan fingerprint density at radius 3 is 2.45 bits per heavy atom. The maximum absolute atomic E-state index is 13.0. The lowest BCUT2D eigenvalue weighted by molar-refractivity contribution is 0.0839. The summed E-state index contributed by atoms with van der Waals surface area (Å²) in [5, 5.41) is 8.19. The molecule has 1 saturated carbocycles. The molecule has 0 bridgehead atoms. The zero-order valence-corrected chi connectivity index (χ0v) is 24.8.